The molecular weight excluding hydrogens is 608 g/mol. The molecule has 0 atom stereocenters. The molecule has 8 heteroatoms. The minimum absolute atomic E-state index is 0.140. The first kappa shape index (κ1) is 30.0. The maximum Gasteiger partial charge on any atom is 0.272 e. The average molecular weight is 643 g/mol. The monoisotopic (exact) mass is 642 g/mol. The predicted molar refractivity (Wildman–Crippen MR) is 194 cm³/mol. The smallest absolute Gasteiger partial charge is 0.272 e. The van der Waals surface area contributed by atoms with Crippen molar-refractivity contribution in [1.29, 1.82) is 0 Å². The summed E-state index contributed by atoms with van der Waals surface area (Å²) in [5.41, 5.74) is 9.92. The molecule has 0 fully saturated rings. The summed E-state index contributed by atoms with van der Waals surface area (Å²) in [5.74, 6) is -0.463. The molecule has 0 radical (unpaired) electrons. The highest BCUT2D eigenvalue weighted by atomic mass is 16.2. The Hall–Kier alpha value is -6.41. The number of hydrogen-bond donors (Lipinski definition) is 3. The van der Waals surface area contributed by atoms with Gasteiger partial charge in [-0.2, -0.15) is 5.10 Å². The molecule has 2 amide bonds. The molecule has 1 aromatic heterocycles. The Kier molecular flexibility index (Phi) is 7.74. The van der Waals surface area contributed by atoms with Crippen LogP contribution in [0, 0.1) is 0 Å². The minimum atomic E-state index is -0.579. The number of carbonyl (C=O) groups excluding carboxylic acids is 2. The Labute approximate surface area is 284 Å². The quantitative estimate of drug-likeness (QED) is 0.145. The van der Waals surface area contributed by atoms with Crippen molar-refractivity contribution in [3.8, 4) is 11.3 Å². The van der Waals surface area contributed by atoms with E-state index >= 15 is 0 Å². The maximum atomic E-state index is 13.4. The van der Waals surface area contributed by atoms with Gasteiger partial charge in [0, 0.05) is 47.5 Å². The Morgan fingerprint density at radius 3 is 1.98 bits per heavy atom. The summed E-state index contributed by atoms with van der Waals surface area (Å²) in [4.78, 5) is 34.4. The van der Waals surface area contributed by atoms with Crippen LogP contribution in [0.1, 0.15) is 39.0 Å². The summed E-state index contributed by atoms with van der Waals surface area (Å²) in [6.45, 7) is 1.11. The van der Waals surface area contributed by atoms with Crippen LogP contribution in [0.3, 0.4) is 0 Å². The Morgan fingerprint density at radius 2 is 1.37 bits per heavy atom. The van der Waals surface area contributed by atoms with E-state index in [4.69, 9.17) is 0 Å². The van der Waals surface area contributed by atoms with Crippen molar-refractivity contribution in [2.45, 2.75) is 12.0 Å². The van der Waals surface area contributed by atoms with Crippen LogP contribution in [0.5, 0.6) is 0 Å². The molecule has 2 aliphatic heterocycles. The van der Waals surface area contributed by atoms with Gasteiger partial charge in [-0.3, -0.25) is 9.59 Å². The van der Waals surface area contributed by atoms with Gasteiger partial charge in [-0.1, -0.05) is 121 Å². The van der Waals surface area contributed by atoms with Gasteiger partial charge >= 0.3 is 0 Å². The van der Waals surface area contributed by atoms with E-state index in [-0.39, 0.29) is 18.2 Å². The lowest BCUT2D eigenvalue weighted by atomic mass is 9.76. The summed E-state index contributed by atoms with van der Waals surface area (Å²) in [6.07, 6.45) is 6.12. The maximum absolute atomic E-state index is 13.4. The van der Waals surface area contributed by atoms with E-state index in [2.05, 4.69) is 116 Å². The molecule has 0 bridgehead atoms. The van der Waals surface area contributed by atoms with Crippen LogP contribution in [0.2, 0.25) is 0 Å². The van der Waals surface area contributed by atoms with E-state index < -0.39 is 5.54 Å². The van der Waals surface area contributed by atoms with Gasteiger partial charge in [-0.25, -0.2) is 5.43 Å². The van der Waals surface area contributed by atoms with Crippen molar-refractivity contribution in [1.82, 2.24) is 20.2 Å². The number of H-pyrrole nitrogens is 1. The fourth-order valence-electron chi connectivity index (χ4n) is 7.12. The normalized spacial score (nSPS) is 13.8. The van der Waals surface area contributed by atoms with Crippen molar-refractivity contribution in [3.63, 3.8) is 0 Å². The molecule has 0 unspecified atom stereocenters. The molecule has 5 aromatic carbocycles. The average Bonchev–Trinajstić information content (AvgIpc) is 3.73. The van der Waals surface area contributed by atoms with Gasteiger partial charge in [0.05, 0.1) is 24.1 Å². The lowest BCUT2D eigenvalue weighted by Gasteiger charge is -2.44. The van der Waals surface area contributed by atoms with Gasteiger partial charge < -0.3 is 20.1 Å². The number of nitrogens with one attached hydrogen (secondary N) is 3. The molecule has 240 valence electrons. The number of aromatic amines is 1. The number of hydrazone groups is 1. The number of benzene rings is 5. The minimum Gasteiger partial charge on any atom is -0.358 e. The summed E-state index contributed by atoms with van der Waals surface area (Å²) < 4.78 is 0. The Balaban J connectivity index is 1.03. The van der Waals surface area contributed by atoms with Crippen LogP contribution in [0.4, 0.5) is 5.69 Å². The second kappa shape index (κ2) is 12.7. The Morgan fingerprint density at radius 1 is 0.776 bits per heavy atom. The second-order valence-corrected chi connectivity index (χ2v) is 12.3. The third-order valence-electron chi connectivity index (χ3n) is 9.31. The van der Waals surface area contributed by atoms with Crippen LogP contribution in [-0.2, 0) is 10.3 Å². The fraction of sp³-hybridized carbons (Fsp3) is 0.0976. The highest BCUT2D eigenvalue weighted by Gasteiger charge is 2.42. The largest absolute Gasteiger partial charge is 0.358 e. The molecular formula is C41H34N6O2. The lowest BCUT2D eigenvalue weighted by Crippen LogP contribution is -2.46. The van der Waals surface area contributed by atoms with Crippen LogP contribution in [0.15, 0.2) is 151 Å². The molecule has 3 heterocycles. The molecule has 0 spiro atoms. The van der Waals surface area contributed by atoms with Gasteiger partial charge in [-0.15, -0.1) is 0 Å². The first-order chi connectivity index (χ1) is 24.1. The van der Waals surface area contributed by atoms with Gasteiger partial charge in [0.2, 0.25) is 5.91 Å². The van der Waals surface area contributed by atoms with Crippen molar-refractivity contribution in [2.24, 2.45) is 5.10 Å². The van der Waals surface area contributed by atoms with Gasteiger partial charge in [0.25, 0.3) is 5.91 Å². The van der Waals surface area contributed by atoms with Crippen LogP contribution in [-0.4, -0.2) is 46.0 Å². The van der Waals surface area contributed by atoms with Crippen LogP contribution < -0.4 is 10.7 Å². The molecule has 0 saturated heterocycles. The second-order valence-electron chi connectivity index (χ2n) is 12.3. The topological polar surface area (TPSA) is 92.8 Å². The number of nitrogens with zero attached hydrogens (tertiary/aromatic N) is 3. The fourth-order valence-corrected chi connectivity index (χ4v) is 7.12. The zero-order valence-electron chi connectivity index (χ0n) is 26.7. The van der Waals surface area contributed by atoms with Gasteiger partial charge in [-0.05, 0) is 34.4 Å². The first-order valence-electron chi connectivity index (χ1n) is 16.4. The number of anilines is 1. The standard InChI is InChI=1S/C41H34N6O2/c48-37(43-33-25-34-38-35(27-42-45-40(34)49)39(44-36(38)26-33)29-13-5-1-6-14-29)21-22-46-23-24-47(28-46)41(30-15-7-2-8-16-30,31-17-9-3-10-18-31)32-19-11-4-12-20-32/h1-20,23-27,44H,21-22,28H2,(H,43,48)(H,45,49). The molecule has 0 aliphatic carbocycles. The van der Waals surface area contributed by atoms with E-state index in [1.54, 1.807) is 12.3 Å². The molecule has 2 aliphatic rings. The number of carbonyl (C=O) groups is 2. The van der Waals surface area contributed by atoms with Gasteiger partial charge in [0.1, 0.15) is 5.54 Å². The third kappa shape index (κ3) is 5.43. The highest BCUT2D eigenvalue weighted by Crippen LogP contribution is 2.44. The van der Waals surface area contributed by atoms with Crippen molar-refractivity contribution in [3.05, 3.63) is 174 Å². The first-order valence-corrected chi connectivity index (χ1v) is 16.4. The van der Waals surface area contributed by atoms with E-state index in [9.17, 15) is 9.59 Å². The van der Waals surface area contributed by atoms with Crippen molar-refractivity contribution in [2.75, 3.05) is 18.5 Å². The highest BCUT2D eigenvalue weighted by molar-refractivity contribution is 6.18. The summed E-state index contributed by atoms with van der Waals surface area (Å²) >= 11 is 0. The molecule has 6 aromatic rings. The molecule has 8 rings (SSSR count). The Bertz CT molecular complexity index is 2100. The molecule has 49 heavy (non-hydrogen) atoms. The zero-order chi connectivity index (χ0) is 33.2. The third-order valence-corrected chi connectivity index (χ3v) is 9.31. The van der Waals surface area contributed by atoms with Crippen molar-refractivity contribution >= 4 is 34.6 Å². The van der Waals surface area contributed by atoms with Crippen LogP contribution >= 0.6 is 0 Å². The lowest BCUT2D eigenvalue weighted by molar-refractivity contribution is -0.116. The number of hydrogen-bond acceptors (Lipinski definition) is 5. The number of aromatic nitrogens is 1. The summed E-state index contributed by atoms with van der Waals surface area (Å²) in [7, 11) is 0. The summed E-state index contributed by atoms with van der Waals surface area (Å²) in [5, 5.41) is 7.96. The predicted octanol–water partition coefficient (Wildman–Crippen LogP) is 7.28. The zero-order valence-corrected chi connectivity index (χ0v) is 26.7. The van der Waals surface area contributed by atoms with Crippen molar-refractivity contribution < 1.29 is 9.59 Å². The number of rotatable bonds is 9. The van der Waals surface area contributed by atoms with E-state index in [0.29, 0.717) is 24.5 Å². The summed E-state index contributed by atoms with van der Waals surface area (Å²) in [6, 6.07) is 45.2. The molecule has 8 nitrogen and oxygen atoms in total. The van der Waals surface area contributed by atoms with E-state index in [0.717, 1.165) is 44.4 Å². The molecule has 3 N–H and O–H groups in total. The van der Waals surface area contributed by atoms with Crippen LogP contribution in [0.25, 0.3) is 22.2 Å². The van der Waals surface area contributed by atoms with E-state index in [1.807, 2.05) is 54.6 Å². The SMILES string of the molecule is O=C(CCN1C=CN(C(c2ccccc2)(c2ccccc2)c2ccccc2)C1)Nc1cc2c3c(c(-c4ccccc4)[nH]c3c1)C=NNC2=O. The van der Waals surface area contributed by atoms with E-state index in [1.165, 1.54) is 0 Å². The number of amides is 2. The van der Waals surface area contributed by atoms with Gasteiger partial charge in [0.15, 0.2) is 0 Å². The molecule has 0 saturated carbocycles.